The summed E-state index contributed by atoms with van der Waals surface area (Å²) in [7, 11) is 0. The number of benzene rings is 3. The van der Waals surface area contributed by atoms with Crippen molar-refractivity contribution in [2.75, 3.05) is 11.9 Å². The van der Waals surface area contributed by atoms with Crippen molar-refractivity contribution in [2.45, 2.75) is 26.3 Å². The number of anilines is 1. The van der Waals surface area contributed by atoms with Crippen LogP contribution in [0.5, 0.6) is 0 Å². The summed E-state index contributed by atoms with van der Waals surface area (Å²) in [4.78, 5) is 27.3. The summed E-state index contributed by atoms with van der Waals surface area (Å²) in [6.45, 7) is 4.40. The highest BCUT2D eigenvalue weighted by Gasteiger charge is 2.17. The molecule has 4 aromatic rings. The second-order valence-electron chi connectivity index (χ2n) is 8.45. The first-order chi connectivity index (χ1) is 16.4. The molecule has 1 atom stereocenters. The Kier molecular flexibility index (Phi) is 6.92. The molecule has 0 bridgehead atoms. The molecule has 0 aliphatic carbocycles. The van der Waals surface area contributed by atoms with E-state index in [9.17, 15) is 9.59 Å². The molecule has 1 heterocycles. The van der Waals surface area contributed by atoms with Gasteiger partial charge < -0.3 is 20.2 Å². The molecule has 174 valence electrons. The quantitative estimate of drug-likeness (QED) is 0.306. The van der Waals surface area contributed by atoms with E-state index < -0.39 is 5.97 Å². The molecule has 0 spiro atoms. The number of para-hydroxylation sites is 2. The van der Waals surface area contributed by atoms with E-state index in [-0.39, 0.29) is 24.9 Å². The standard InChI is InChI=1S/C27H27N3O4/c1-17(2)25(29-21-13-11-19(12-14-21)26(33)28-16-15-24(31)32)18-7-9-20(10-8-18)27-30-22-5-3-4-6-23(22)34-27/h3-14,17,25,29H,15-16H2,1-2H3,(H,28,33)(H,31,32)/t25-/m0/s1. The Morgan fingerprint density at radius 2 is 1.68 bits per heavy atom. The summed E-state index contributed by atoms with van der Waals surface area (Å²) >= 11 is 0. The number of aromatic nitrogens is 1. The van der Waals surface area contributed by atoms with Gasteiger partial charge in [0, 0.05) is 23.4 Å². The summed E-state index contributed by atoms with van der Waals surface area (Å²) in [5, 5.41) is 14.9. The third-order valence-electron chi connectivity index (χ3n) is 5.57. The van der Waals surface area contributed by atoms with Gasteiger partial charge in [0.1, 0.15) is 5.52 Å². The van der Waals surface area contributed by atoms with Crippen molar-refractivity contribution in [3.05, 3.63) is 83.9 Å². The minimum absolute atomic E-state index is 0.0629. The van der Waals surface area contributed by atoms with E-state index in [1.807, 2.05) is 48.5 Å². The molecule has 0 aliphatic rings. The molecule has 0 saturated heterocycles. The van der Waals surface area contributed by atoms with Crippen molar-refractivity contribution >= 4 is 28.7 Å². The van der Waals surface area contributed by atoms with Crippen molar-refractivity contribution in [2.24, 2.45) is 5.92 Å². The molecule has 3 N–H and O–H groups in total. The number of nitrogens with one attached hydrogen (secondary N) is 2. The third kappa shape index (κ3) is 5.43. The van der Waals surface area contributed by atoms with Crippen LogP contribution in [0.3, 0.4) is 0 Å². The molecule has 7 nitrogen and oxygen atoms in total. The maximum Gasteiger partial charge on any atom is 0.305 e. The lowest BCUT2D eigenvalue weighted by Gasteiger charge is -2.24. The molecular weight excluding hydrogens is 430 g/mol. The Bertz CT molecular complexity index is 1240. The zero-order valence-electron chi connectivity index (χ0n) is 19.1. The SMILES string of the molecule is CC(C)[C@H](Nc1ccc(C(=O)NCCC(=O)O)cc1)c1ccc(-c2nc3ccccc3o2)cc1. The number of oxazole rings is 1. The van der Waals surface area contributed by atoms with Crippen LogP contribution in [0.15, 0.2) is 77.2 Å². The summed E-state index contributed by atoms with van der Waals surface area (Å²) in [6.07, 6.45) is -0.105. The van der Waals surface area contributed by atoms with Gasteiger partial charge in [0.15, 0.2) is 5.58 Å². The van der Waals surface area contributed by atoms with Crippen molar-refractivity contribution < 1.29 is 19.1 Å². The normalized spacial score (nSPS) is 12.0. The molecule has 0 aliphatic heterocycles. The first-order valence-corrected chi connectivity index (χ1v) is 11.2. The largest absolute Gasteiger partial charge is 0.481 e. The zero-order valence-corrected chi connectivity index (χ0v) is 19.1. The lowest BCUT2D eigenvalue weighted by molar-refractivity contribution is -0.136. The second-order valence-corrected chi connectivity index (χ2v) is 8.45. The first-order valence-electron chi connectivity index (χ1n) is 11.2. The van der Waals surface area contributed by atoms with Crippen LogP contribution in [0.4, 0.5) is 5.69 Å². The van der Waals surface area contributed by atoms with Gasteiger partial charge in [-0.15, -0.1) is 0 Å². The van der Waals surface area contributed by atoms with Crippen LogP contribution in [0.2, 0.25) is 0 Å². The molecule has 0 unspecified atom stereocenters. The van der Waals surface area contributed by atoms with Gasteiger partial charge in [0.25, 0.3) is 5.91 Å². The molecule has 4 rings (SSSR count). The highest BCUT2D eigenvalue weighted by molar-refractivity contribution is 5.94. The molecule has 0 radical (unpaired) electrons. The number of rotatable bonds is 9. The van der Waals surface area contributed by atoms with Gasteiger partial charge in [-0.3, -0.25) is 9.59 Å². The fraction of sp³-hybridized carbons (Fsp3) is 0.222. The predicted molar refractivity (Wildman–Crippen MR) is 132 cm³/mol. The van der Waals surface area contributed by atoms with Gasteiger partial charge in [0.2, 0.25) is 5.89 Å². The van der Waals surface area contributed by atoms with Crippen LogP contribution in [-0.2, 0) is 4.79 Å². The predicted octanol–water partition coefficient (Wildman–Crippen LogP) is 5.51. The van der Waals surface area contributed by atoms with Gasteiger partial charge in [-0.1, -0.05) is 38.1 Å². The Morgan fingerprint density at radius 3 is 2.32 bits per heavy atom. The summed E-state index contributed by atoms with van der Waals surface area (Å²) < 4.78 is 5.88. The molecule has 3 aromatic carbocycles. The van der Waals surface area contributed by atoms with Gasteiger partial charge in [-0.2, -0.15) is 0 Å². The van der Waals surface area contributed by atoms with Crippen LogP contribution in [-0.4, -0.2) is 28.5 Å². The average molecular weight is 458 g/mol. The van der Waals surface area contributed by atoms with Crippen molar-refractivity contribution in [1.29, 1.82) is 0 Å². The number of aliphatic carboxylic acids is 1. The van der Waals surface area contributed by atoms with Crippen LogP contribution in [0.1, 0.15) is 42.2 Å². The Labute approximate surface area is 197 Å². The molecular formula is C27H27N3O4. The fourth-order valence-electron chi connectivity index (χ4n) is 3.75. The summed E-state index contributed by atoms with van der Waals surface area (Å²) in [6, 6.07) is 23.1. The molecule has 34 heavy (non-hydrogen) atoms. The maximum absolute atomic E-state index is 12.2. The topological polar surface area (TPSA) is 104 Å². The van der Waals surface area contributed by atoms with Gasteiger partial charge in [-0.25, -0.2) is 4.98 Å². The fourth-order valence-corrected chi connectivity index (χ4v) is 3.75. The van der Waals surface area contributed by atoms with E-state index in [1.165, 1.54) is 0 Å². The zero-order chi connectivity index (χ0) is 24.1. The van der Waals surface area contributed by atoms with Crippen LogP contribution >= 0.6 is 0 Å². The first kappa shape index (κ1) is 23.0. The van der Waals surface area contributed by atoms with Crippen molar-refractivity contribution in [3.63, 3.8) is 0 Å². The Morgan fingerprint density at radius 1 is 0.971 bits per heavy atom. The molecule has 1 amide bonds. The number of carboxylic acids is 1. The molecule has 7 heteroatoms. The van der Waals surface area contributed by atoms with E-state index in [4.69, 9.17) is 9.52 Å². The van der Waals surface area contributed by atoms with Crippen molar-refractivity contribution in [3.8, 4) is 11.5 Å². The summed E-state index contributed by atoms with van der Waals surface area (Å²) in [5.74, 6) is -0.322. The monoisotopic (exact) mass is 457 g/mol. The molecule has 1 aromatic heterocycles. The highest BCUT2D eigenvalue weighted by atomic mass is 16.4. The molecule has 0 saturated carbocycles. The smallest absolute Gasteiger partial charge is 0.305 e. The number of carbonyl (C=O) groups is 2. The Hall–Kier alpha value is -4.13. The van der Waals surface area contributed by atoms with E-state index in [0.29, 0.717) is 17.4 Å². The van der Waals surface area contributed by atoms with E-state index in [2.05, 4.69) is 41.6 Å². The van der Waals surface area contributed by atoms with Gasteiger partial charge in [0.05, 0.1) is 12.5 Å². The minimum atomic E-state index is -0.943. The van der Waals surface area contributed by atoms with Crippen LogP contribution in [0, 0.1) is 5.92 Å². The lowest BCUT2D eigenvalue weighted by Crippen LogP contribution is -2.26. The van der Waals surface area contributed by atoms with Crippen molar-refractivity contribution in [1.82, 2.24) is 10.3 Å². The maximum atomic E-state index is 12.2. The van der Waals surface area contributed by atoms with E-state index >= 15 is 0 Å². The van der Waals surface area contributed by atoms with E-state index in [1.54, 1.807) is 12.1 Å². The number of carboxylic acid groups (broad SMARTS) is 1. The lowest BCUT2D eigenvalue weighted by atomic mass is 9.94. The Balaban J connectivity index is 1.45. The number of amides is 1. The molecule has 0 fully saturated rings. The minimum Gasteiger partial charge on any atom is -0.481 e. The third-order valence-corrected chi connectivity index (χ3v) is 5.57. The van der Waals surface area contributed by atoms with Crippen LogP contribution < -0.4 is 10.6 Å². The number of fused-ring (bicyclic) bond motifs is 1. The van der Waals surface area contributed by atoms with Gasteiger partial charge in [-0.05, 0) is 60.0 Å². The number of hydrogen-bond acceptors (Lipinski definition) is 5. The number of nitrogens with zero attached hydrogens (tertiary/aromatic N) is 1. The van der Waals surface area contributed by atoms with E-state index in [0.717, 1.165) is 27.9 Å². The second kappa shape index (κ2) is 10.2. The number of carbonyl (C=O) groups excluding carboxylic acids is 1. The summed E-state index contributed by atoms with van der Waals surface area (Å²) in [5.41, 5.74) is 5.03. The van der Waals surface area contributed by atoms with Gasteiger partial charge >= 0.3 is 5.97 Å². The number of hydrogen-bond donors (Lipinski definition) is 3. The van der Waals surface area contributed by atoms with Crippen LogP contribution in [0.25, 0.3) is 22.6 Å². The highest BCUT2D eigenvalue weighted by Crippen LogP contribution is 2.30. The average Bonchev–Trinajstić information content (AvgIpc) is 3.27.